The molecule has 1 aromatic heterocycles. The van der Waals surface area contributed by atoms with Crippen molar-refractivity contribution in [3.8, 4) is 0 Å². The number of sulfone groups is 1. The van der Waals surface area contributed by atoms with Gasteiger partial charge < -0.3 is 4.57 Å². The third-order valence-corrected chi connectivity index (χ3v) is 7.75. The van der Waals surface area contributed by atoms with Gasteiger partial charge in [-0.2, -0.15) is 4.31 Å². The van der Waals surface area contributed by atoms with Crippen LogP contribution in [0.3, 0.4) is 0 Å². The fourth-order valence-electron chi connectivity index (χ4n) is 2.80. The number of nitrogens with zero attached hydrogens (tertiary/aromatic N) is 3. The van der Waals surface area contributed by atoms with E-state index in [1.54, 1.807) is 6.92 Å². The number of hydrogen-bond donors (Lipinski definition) is 0. The van der Waals surface area contributed by atoms with Gasteiger partial charge >= 0.3 is 5.69 Å². The molecule has 9 nitrogen and oxygen atoms in total. The van der Waals surface area contributed by atoms with Crippen LogP contribution in [0, 0.1) is 0 Å². The monoisotopic (exact) mass is 379 g/mol. The standard InChI is InChI=1S/C13H21N3O6S2/c1-4-6-16(10-5-7-23(19,20)9-10)24(21,22)11-8-14(2)13(18)15(3)12(11)17/h8,10H,4-7,9H2,1-3H3. The van der Waals surface area contributed by atoms with Crippen molar-refractivity contribution >= 4 is 19.9 Å². The molecule has 2 heterocycles. The lowest BCUT2D eigenvalue weighted by Gasteiger charge is -2.26. The second kappa shape index (κ2) is 6.45. The van der Waals surface area contributed by atoms with Gasteiger partial charge in [-0.05, 0) is 12.8 Å². The molecule has 24 heavy (non-hydrogen) atoms. The molecule has 1 aromatic rings. The van der Waals surface area contributed by atoms with Gasteiger partial charge in [-0.1, -0.05) is 6.92 Å². The molecular weight excluding hydrogens is 358 g/mol. The fourth-order valence-corrected chi connectivity index (χ4v) is 6.52. The zero-order chi connectivity index (χ0) is 18.3. The van der Waals surface area contributed by atoms with E-state index in [9.17, 15) is 26.4 Å². The Hall–Kier alpha value is -1.46. The van der Waals surface area contributed by atoms with Crippen LogP contribution in [0.5, 0.6) is 0 Å². The Morgan fingerprint density at radius 3 is 2.42 bits per heavy atom. The molecule has 1 unspecified atom stereocenters. The first-order valence-electron chi connectivity index (χ1n) is 7.50. The number of rotatable bonds is 5. The highest BCUT2D eigenvalue weighted by Crippen LogP contribution is 2.23. The maximum atomic E-state index is 13.0. The summed E-state index contributed by atoms with van der Waals surface area (Å²) in [5.41, 5.74) is -1.55. The summed E-state index contributed by atoms with van der Waals surface area (Å²) in [6.07, 6.45) is 1.67. The number of hydrogen-bond acceptors (Lipinski definition) is 6. The van der Waals surface area contributed by atoms with Crippen molar-refractivity contribution in [2.24, 2.45) is 14.1 Å². The molecule has 1 atom stereocenters. The summed E-state index contributed by atoms with van der Waals surface area (Å²) >= 11 is 0. The number of sulfonamides is 1. The largest absolute Gasteiger partial charge is 0.330 e. The molecule has 0 spiro atoms. The highest BCUT2D eigenvalue weighted by molar-refractivity contribution is 7.92. The highest BCUT2D eigenvalue weighted by atomic mass is 32.2. The molecule has 1 aliphatic heterocycles. The highest BCUT2D eigenvalue weighted by Gasteiger charge is 2.39. The van der Waals surface area contributed by atoms with Gasteiger partial charge in [-0.15, -0.1) is 0 Å². The predicted octanol–water partition coefficient (Wildman–Crippen LogP) is -1.33. The molecule has 0 amide bonds. The molecule has 11 heteroatoms. The summed E-state index contributed by atoms with van der Waals surface area (Å²) in [7, 11) is -4.94. The molecule has 1 saturated heterocycles. The molecule has 0 aliphatic carbocycles. The Morgan fingerprint density at radius 2 is 1.92 bits per heavy atom. The lowest BCUT2D eigenvalue weighted by atomic mass is 10.2. The topological polar surface area (TPSA) is 116 Å². The summed E-state index contributed by atoms with van der Waals surface area (Å²) < 4.78 is 52.1. The Bertz CT molecular complexity index is 958. The maximum absolute atomic E-state index is 13.0. The van der Waals surface area contributed by atoms with Gasteiger partial charge in [0.1, 0.15) is 0 Å². The van der Waals surface area contributed by atoms with Gasteiger partial charge in [0.25, 0.3) is 5.56 Å². The fraction of sp³-hybridized carbons (Fsp3) is 0.692. The average molecular weight is 379 g/mol. The third kappa shape index (κ3) is 3.33. The van der Waals surface area contributed by atoms with Crippen molar-refractivity contribution in [1.82, 2.24) is 13.4 Å². The zero-order valence-electron chi connectivity index (χ0n) is 13.8. The van der Waals surface area contributed by atoms with Crippen LogP contribution in [0.25, 0.3) is 0 Å². The Labute approximate surface area is 140 Å². The first-order valence-corrected chi connectivity index (χ1v) is 10.8. The van der Waals surface area contributed by atoms with Crippen LogP contribution in [-0.4, -0.2) is 54.4 Å². The summed E-state index contributed by atoms with van der Waals surface area (Å²) in [6, 6.07) is -0.693. The van der Waals surface area contributed by atoms with E-state index < -0.39 is 42.0 Å². The van der Waals surface area contributed by atoms with Gasteiger partial charge in [0, 0.05) is 32.9 Å². The summed E-state index contributed by atoms with van der Waals surface area (Å²) in [5.74, 6) is -0.322. The van der Waals surface area contributed by atoms with Gasteiger partial charge in [-0.3, -0.25) is 9.36 Å². The minimum atomic E-state index is -4.21. The third-order valence-electron chi connectivity index (χ3n) is 4.06. The second-order valence-electron chi connectivity index (χ2n) is 5.92. The normalized spacial score (nSPS) is 20.6. The van der Waals surface area contributed by atoms with E-state index in [0.717, 1.165) is 19.6 Å². The van der Waals surface area contributed by atoms with Crippen LogP contribution in [0.1, 0.15) is 19.8 Å². The zero-order valence-corrected chi connectivity index (χ0v) is 15.4. The smallest absolute Gasteiger partial charge is 0.302 e. The van der Waals surface area contributed by atoms with E-state index >= 15 is 0 Å². The van der Waals surface area contributed by atoms with Gasteiger partial charge in [0.05, 0.1) is 11.5 Å². The van der Waals surface area contributed by atoms with Crippen LogP contribution < -0.4 is 11.2 Å². The second-order valence-corrected chi connectivity index (χ2v) is 10.0. The minimum absolute atomic E-state index is 0.0707. The molecule has 0 radical (unpaired) electrons. The summed E-state index contributed by atoms with van der Waals surface area (Å²) in [5, 5.41) is 0. The van der Waals surface area contributed by atoms with Gasteiger partial charge in [0.15, 0.2) is 14.7 Å². The van der Waals surface area contributed by atoms with E-state index in [1.165, 1.54) is 14.1 Å². The summed E-state index contributed by atoms with van der Waals surface area (Å²) in [4.78, 5) is 23.5. The van der Waals surface area contributed by atoms with E-state index in [2.05, 4.69) is 0 Å². The van der Waals surface area contributed by atoms with Crippen LogP contribution >= 0.6 is 0 Å². The van der Waals surface area contributed by atoms with Crippen molar-refractivity contribution in [2.45, 2.75) is 30.7 Å². The van der Waals surface area contributed by atoms with Crippen molar-refractivity contribution in [3.05, 3.63) is 27.0 Å². The van der Waals surface area contributed by atoms with Gasteiger partial charge in [0.2, 0.25) is 10.0 Å². The molecule has 1 aliphatic rings. The Balaban J connectivity index is 2.59. The number of aryl methyl sites for hydroxylation is 1. The molecule has 1 fully saturated rings. The minimum Gasteiger partial charge on any atom is -0.302 e. The Morgan fingerprint density at radius 1 is 1.29 bits per heavy atom. The van der Waals surface area contributed by atoms with E-state index in [4.69, 9.17) is 0 Å². The lowest BCUT2D eigenvalue weighted by molar-refractivity contribution is 0.339. The molecule has 0 saturated carbocycles. The van der Waals surface area contributed by atoms with Crippen LogP contribution in [0.15, 0.2) is 20.7 Å². The predicted molar refractivity (Wildman–Crippen MR) is 88.2 cm³/mol. The Kier molecular flexibility index (Phi) is 5.07. The first-order chi connectivity index (χ1) is 11.0. The molecule has 0 N–H and O–H groups in total. The molecule has 0 aromatic carbocycles. The molecular formula is C13H21N3O6S2. The lowest BCUT2D eigenvalue weighted by Crippen LogP contribution is -2.46. The van der Waals surface area contributed by atoms with E-state index in [0.29, 0.717) is 6.42 Å². The van der Waals surface area contributed by atoms with Crippen LogP contribution in [0.4, 0.5) is 0 Å². The SMILES string of the molecule is CCCN(C1CCS(=O)(=O)C1)S(=O)(=O)c1cn(C)c(=O)n(C)c1=O. The van der Waals surface area contributed by atoms with Crippen molar-refractivity contribution < 1.29 is 16.8 Å². The van der Waals surface area contributed by atoms with Crippen LogP contribution in [0.2, 0.25) is 0 Å². The quantitative estimate of drug-likeness (QED) is 0.626. The molecule has 2 rings (SSSR count). The van der Waals surface area contributed by atoms with Gasteiger partial charge in [-0.25, -0.2) is 21.6 Å². The van der Waals surface area contributed by atoms with Crippen LogP contribution in [-0.2, 0) is 34.0 Å². The summed E-state index contributed by atoms with van der Waals surface area (Å²) in [6.45, 7) is 1.87. The van der Waals surface area contributed by atoms with Crippen molar-refractivity contribution in [3.63, 3.8) is 0 Å². The number of aromatic nitrogens is 2. The van der Waals surface area contributed by atoms with Crippen molar-refractivity contribution in [1.29, 1.82) is 0 Å². The van der Waals surface area contributed by atoms with E-state index in [1.807, 2.05) is 0 Å². The first kappa shape index (κ1) is 18.9. The average Bonchev–Trinajstić information content (AvgIpc) is 2.85. The van der Waals surface area contributed by atoms with E-state index in [-0.39, 0.29) is 24.5 Å². The molecule has 136 valence electrons. The molecule has 0 bridgehead atoms. The maximum Gasteiger partial charge on any atom is 0.330 e. The van der Waals surface area contributed by atoms with Crippen molar-refractivity contribution in [2.75, 3.05) is 18.1 Å².